The van der Waals surface area contributed by atoms with E-state index in [4.69, 9.17) is 0 Å². The SMILES string of the molecule is CCNC(Cc1cccs1)C1(c2ccccc2)CCC1. The number of nitrogens with one attached hydrogen (secondary N) is 1. The van der Waals surface area contributed by atoms with Crippen LogP contribution in [0.4, 0.5) is 0 Å². The molecule has 2 heteroatoms. The van der Waals surface area contributed by atoms with E-state index in [-0.39, 0.29) is 0 Å². The third-order valence-corrected chi connectivity index (χ3v) is 5.60. The minimum atomic E-state index is 0.348. The minimum absolute atomic E-state index is 0.348. The highest BCUT2D eigenvalue weighted by atomic mass is 32.1. The van der Waals surface area contributed by atoms with Gasteiger partial charge in [0, 0.05) is 16.3 Å². The summed E-state index contributed by atoms with van der Waals surface area (Å²) in [5.41, 5.74) is 1.87. The molecule has 1 fully saturated rings. The molecule has 1 aromatic heterocycles. The first-order valence-corrected chi connectivity index (χ1v) is 8.54. The first-order valence-electron chi connectivity index (χ1n) is 7.66. The highest BCUT2D eigenvalue weighted by Crippen LogP contribution is 2.47. The fourth-order valence-corrected chi connectivity index (χ4v) is 4.26. The van der Waals surface area contributed by atoms with Crippen LogP contribution >= 0.6 is 11.3 Å². The molecule has 0 bridgehead atoms. The van der Waals surface area contributed by atoms with Crippen LogP contribution in [0.2, 0.25) is 0 Å². The van der Waals surface area contributed by atoms with E-state index >= 15 is 0 Å². The molecule has 2 aromatic rings. The number of benzene rings is 1. The maximum absolute atomic E-state index is 3.77. The van der Waals surface area contributed by atoms with Crippen LogP contribution in [0.1, 0.15) is 36.6 Å². The van der Waals surface area contributed by atoms with Crippen LogP contribution in [0.3, 0.4) is 0 Å². The molecule has 20 heavy (non-hydrogen) atoms. The molecule has 0 saturated heterocycles. The molecule has 0 spiro atoms. The number of hydrogen-bond acceptors (Lipinski definition) is 2. The third kappa shape index (κ3) is 2.55. The summed E-state index contributed by atoms with van der Waals surface area (Å²) in [5.74, 6) is 0. The molecule has 0 aliphatic heterocycles. The van der Waals surface area contributed by atoms with Gasteiger partial charge in [-0.25, -0.2) is 0 Å². The maximum atomic E-state index is 3.77. The lowest BCUT2D eigenvalue weighted by atomic mass is 9.59. The van der Waals surface area contributed by atoms with Crippen molar-refractivity contribution >= 4 is 11.3 Å². The highest BCUT2D eigenvalue weighted by molar-refractivity contribution is 7.09. The van der Waals surface area contributed by atoms with Crippen LogP contribution < -0.4 is 5.32 Å². The van der Waals surface area contributed by atoms with Crippen molar-refractivity contribution in [3.63, 3.8) is 0 Å². The quantitative estimate of drug-likeness (QED) is 0.830. The van der Waals surface area contributed by atoms with Gasteiger partial charge in [0.05, 0.1) is 0 Å². The van der Waals surface area contributed by atoms with Gasteiger partial charge in [0.25, 0.3) is 0 Å². The molecule has 1 aromatic carbocycles. The molecule has 1 saturated carbocycles. The molecule has 0 radical (unpaired) electrons. The first kappa shape index (κ1) is 13.8. The van der Waals surface area contributed by atoms with Crippen LogP contribution in [0.15, 0.2) is 47.8 Å². The van der Waals surface area contributed by atoms with Crippen LogP contribution in [0.25, 0.3) is 0 Å². The molecule has 1 aliphatic carbocycles. The molecular weight excluding hydrogens is 262 g/mol. The number of thiophene rings is 1. The summed E-state index contributed by atoms with van der Waals surface area (Å²) in [7, 11) is 0. The fraction of sp³-hybridized carbons (Fsp3) is 0.444. The molecular formula is C18H23NS. The van der Waals surface area contributed by atoms with E-state index in [0.29, 0.717) is 11.5 Å². The van der Waals surface area contributed by atoms with Gasteiger partial charge in [-0.3, -0.25) is 0 Å². The van der Waals surface area contributed by atoms with Crippen molar-refractivity contribution in [2.24, 2.45) is 0 Å². The van der Waals surface area contributed by atoms with E-state index in [1.54, 1.807) is 0 Å². The molecule has 106 valence electrons. The maximum Gasteiger partial charge on any atom is 0.0212 e. The second kappa shape index (κ2) is 6.11. The molecule has 1 nitrogen and oxygen atoms in total. The fourth-order valence-electron chi connectivity index (χ4n) is 3.51. The largest absolute Gasteiger partial charge is 0.313 e. The van der Waals surface area contributed by atoms with E-state index < -0.39 is 0 Å². The summed E-state index contributed by atoms with van der Waals surface area (Å²) in [4.78, 5) is 1.50. The van der Waals surface area contributed by atoms with Gasteiger partial charge in [-0.1, -0.05) is 49.7 Å². The molecule has 1 atom stereocenters. The van der Waals surface area contributed by atoms with Gasteiger partial charge in [0.1, 0.15) is 0 Å². The smallest absolute Gasteiger partial charge is 0.0212 e. The molecule has 1 unspecified atom stereocenters. The third-order valence-electron chi connectivity index (χ3n) is 4.70. The van der Waals surface area contributed by atoms with E-state index in [0.717, 1.165) is 13.0 Å². The topological polar surface area (TPSA) is 12.0 Å². The average Bonchev–Trinajstić information content (AvgIpc) is 2.92. The van der Waals surface area contributed by atoms with Crippen molar-refractivity contribution in [1.29, 1.82) is 0 Å². The van der Waals surface area contributed by atoms with Crippen molar-refractivity contribution < 1.29 is 0 Å². The lowest BCUT2D eigenvalue weighted by molar-refractivity contribution is 0.170. The molecule has 1 heterocycles. The normalized spacial score (nSPS) is 18.4. The molecule has 1 aliphatic rings. The Morgan fingerprint density at radius 1 is 1.15 bits per heavy atom. The second-order valence-electron chi connectivity index (χ2n) is 5.77. The predicted molar refractivity (Wildman–Crippen MR) is 87.5 cm³/mol. The van der Waals surface area contributed by atoms with Gasteiger partial charge in [-0.15, -0.1) is 11.3 Å². The van der Waals surface area contributed by atoms with Crippen molar-refractivity contribution in [2.75, 3.05) is 6.54 Å². The van der Waals surface area contributed by atoms with Crippen molar-refractivity contribution in [3.05, 3.63) is 58.3 Å². The van der Waals surface area contributed by atoms with Gasteiger partial charge in [0.2, 0.25) is 0 Å². The number of hydrogen-bond donors (Lipinski definition) is 1. The summed E-state index contributed by atoms with van der Waals surface area (Å²) in [6.45, 7) is 3.27. The Balaban J connectivity index is 1.88. The molecule has 0 amide bonds. The Kier molecular flexibility index (Phi) is 4.23. The zero-order chi connectivity index (χ0) is 13.8. The Bertz CT molecular complexity index is 514. The van der Waals surface area contributed by atoms with E-state index in [1.165, 1.54) is 29.7 Å². The first-order chi connectivity index (χ1) is 9.85. The number of rotatable bonds is 6. The van der Waals surface area contributed by atoms with Gasteiger partial charge in [-0.2, -0.15) is 0 Å². The van der Waals surface area contributed by atoms with E-state index in [2.05, 4.69) is 60.1 Å². The Morgan fingerprint density at radius 2 is 1.95 bits per heavy atom. The highest BCUT2D eigenvalue weighted by Gasteiger charge is 2.44. The van der Waals surface area contributed by atoms with Gasteiger partial charge >= 0.3 is 0 Å². The van der Waals surface area contributed by atoms with E-state index in [1.807, 2.05) is 11.3 Å². The van der Waals surface area contributed by atoms with Gasteiger partial charge < -0.3 is 5.32 Å². The Morgan fingerprint density at radius 3 is 2.50 bits per heavy atom. The van der Waals surface area contributed by atoms with Crippen LogP contribution in [-0.2, 0) is 11.8 Å². The van der Waals surface area contributed by atoms with Gasteiger partial charge in [-0.05, 0) is 42.8 Å². The zero-order valence-electron chi connectivity index (χ0n) is 12.1. The van der Waals surface area contributed by atoms with E-state index in [9.17, 15) is 0 Å². The average molecular weight is 285 g/mol. The number of likely N-dealkylation sites (N-methyl/N-ethyl adjacent to an activating group) is 1. The van der Waals surface area contributed by atoms with Crippen LogP contribution in [0, 0.1) is 0 Å². The summed E-state index contributed by atoms with van der Waals surface area (Å²) in [6.07, 6.45) is 5.15. The lowest BCUT2D eigenvalue weighted by Crippen LogP contribution is -2.53. The second-order valence-corrected chi connectivity index (χ2v) is 6.80. The van der Waals surface area contributed by atoms with Crippen LogP contribution in [0.5, 0.6) is 0 Å². The standard InChI is InChI=1S/C18H23NS/c1-2-19-17(14-16-10-6-13-20-16)18(11-7-12-18)15-8-4-3-5-9-15/h3-6,8-10,13,17,19H,2,7,11-12,14H2,1H3. The summed E-state index contributed by atoms with van der Waals surface area (Å²) < 4.78 is 0. The summed E-state index contributed by atoms with van der Waals surface area (Å²) in [5, 5.41) is 5.96. The monoisotopic (exact) mass is 285 g/mol. The van der Waals surface area contributed by atoms with Crippen molar-refractivity contribution in [3.8, 4) is 0 Å². The summed E-state index contributed by atoms with van der Waals surface area (Å²) >= 11 is 1.88. The van der Waals surface area contributed by atoms with Gasteiger partial charge in [0.15, 0.2) is 0 Å². The van der Waals surface area contributed by atoms with Crippen molar-refractivity contribution in [1.82, 2.24) is 5.32 Å². The summed E-state index contributed by atoms with van der Waals surface area (Å²) in [6, 6.07) is 16.1. The Hall–Kier alpha value is -1.12. The van der Waals surface area contributed by atoms with Crippen LogP contribution in [-0.4, -0.2) is 12.6 Å². The minimum Gasteiger partial charge on any atom is -0.313 e. The molecule has 1 N–H and O–H groups in total. The van der Waals surface area contributed by atoms with Crippen molar-refractivity contribution in [2.45, 2.75) is 44.1 Å². The zero-order valence-corrected chi connectivity index (χ0v) is 13.0. The predicted octanol–water partition coefficient (Wildman–Crippen LogP) is 4.39. The Labute approximate surface area is 126 Å². The molecule has 3 rings (SSSR count). The lowest BCUT2D eigenvalue weighted by Gasteiger charge is -2.49.